The Morgan fingerprint density at radius 3 is 3.00 bits per heavy atom. The van der Waals surface area contributed by atoms with Gasteiger partial charge in [-0.3, -0.25) is 4.79 Å². The molecule has 1 rings (SSSR count). The lowest BCUT2D eigenvalue weighted by Crippen LogP contribution is -2.22. The Hall–Kier alpha value is -0.610. The lowest BCUT2D eigenvalue weighted by Gasteiger charge is -1.98. The lowest BCUT2D eigenvalue weighted by atomic mass is 10.3. The van der Waals surface area contributed by atoms with Crippen molar-refractivity contribution in [2.24, 2.45) is 0 Å². The van der Waals surface area contributed by atoms with Crippen molar-refractivity contribution < 1.29 is 4.79 Å². The second-order valence-electron chi connectivity index (χ2n) is 2.45. The van der Waals surface area contributed by atoms with Gasteiger partial charge in [-0.25, -0.2) is 0 Å². The van der Waals surface area contributed by atoms with Crippen LogP contribution in [-0.4, -0.2) is 12.5 Å². The van der Waals surface area contributed by atoms with Crippen LogP contribution in [0, 0.1) is 0 Å². The molecule has 1 heterocycles. The molecule has 1 N–H and O–H groups in total. The van der Waals surface area contributed by atoms with E-state index in [-0.39, 0.29) is 5.91 Å². The van der Waals surface area contributed by atoms with E-state index < -0.39 is 0 Å². The summed E-state index contributed by atoms with van der Waals surface area (Å²) in [6.07, 6.45) is 2.15. The molecular formula is C9H10BrNOS. The first-order valence-electron chi connectivity index (χ1n) is 3.87. The number of carbonyl (C=O) groups excluding carboxylic acids is 1. The highest BCUT2D eigenvalue weighted by atomic mass is 79.9. The smallest absolute Gasteiger partial charge is 0.243 e. The molecule has 0 bridgehead atoms. The fraction of sp³-hybridized carbons (Fsp3) is 0.222. The first kappa shape index (κ1) is 10.5. The van der Waals surface area contributed by atoms with Crippen LogP contribution in [0.4, 0.5) is 0 Å². The minimum Gasteiger partial charge on any atom is -0.352 e. The largest absolute Gasteiger partial charge is 0.352 e. The van der Waals surface area contributed by atoms with Crippen LogP contribution in [0.5, 0.6) is 0 Å². The molecule has 0 aliphatic heterocycles. The molecule has 2 nitrogen and oxygen atoms in total. The summed E-state index contributed by atoms with van der Waals surface area (Å²) in [7, 11) is 0. The fourth-order valence-electron chi connectivity index (χ4n) is 0.867. The lowest BCUT2D eigenvalue weighted by molar-refractivity contribution is -0.116. The molecule has 1 aromatic heterocycles. The van der Waals surface area contributed by atoms with Gasteiger partial charge in [-0.1, -0.05) is 6.58 Å². The maximum atomic E-state index is 10.8. The van der Waals surface area contributed by atoms with Crippen molar-refractivity contribution in [3.05, 3.63) is 33.5 Å². The van der Waals surface area contributed by atoms with E-state index >= 15 is 0 Å². The summed E-state index contributed by atoms with van der Waals surface area (Å²) in [5.74, 6) is -0.115. The number of halogens is 1. The molecule has 0 saturated carbocycles. The summed E-state index contributed by atoms with van der Waals surface area (Å²) >= 11 is 5.07. The van der Waals surface area contributed by atoms with Crippen LogP contribution in [0.2, 0.25) is 0 Å². The Kier molecular flexibility index (Phi) is 4.18. The average molecular weight is 260 g/mol. The van der Waals surface area contributed by atoms with Crippen LogP contribution in [0.3, 0.4) is 0 Å². The predicted octanol–water partition coefficient (Wildman–Crippen LogP) is 2.36. The van der Waals surface area contributed by atoms with E-state index in [0.29, 0.717) is 6.54 Å². The van der Waals surface area contributed by atoms with Crippen molar-refractivity contribution in [2.75, 3.05) is 6.54 Å². The molecule has 0 spiro atoms. The van der Waals surface area contributed by atoms with Crippen LogP contribution >= 0.6 is 27.3 Å². The second-order valence-corrected chi connectivity index (χ2v) is 5.00. The minimum absolute atomic E-state index is 0.115. The van der Waals surface area contributed by atoms with E-state index in [0.717, 1.165) is 10.2 Å². The van der Waals surface area contributed by atoms with Crippen molar-refractivity contribution in [2.45, 2.75) is 6.42 Å². The van der Waals surface area contributed by atoms with Gasteiger partial charge in [-0.2, -0.15) is 0 Å². The van der Waals surface area contributed by atoms with Gasteiger partial charge in [0.15, 0.2) is 0 Å². The number of hydrogen-bond donors (Lipinski definition) is 1. The topological polar surface area (TPSA) is 29.1 Å². The molecule has 0 unspecified atom stereocenters. The van der Waals surface area contributed by atoms with E-state index in [9.17, 15) is 4.79 Å². The number of thiophene rings is 1. The van der Waals surface area contributed by atoms with E-state index in [4.69, 9.17) is 0 Å². The summed E-state index contributed by atoms with van der Waals surface area (Å²) in [6, 6.07) is 4.06. The van der Waals surface area contributed by atoms with Crippen LogP contribution in [0.15, 0.2) is 28.6 Å². The van der Waals surface area contributed by atoms with E-state index in [1.165, 1.54) is 11.0 Å². The quantitative estimate of drug-likeness (QED) is 0.827. The molecule has 4 heteroatoms. The van der Waals surface area contributed by atoms with Gasteiger partial charge in [-0.05, 0) is 40.6 Å². The summed E-state index contributed by atoms with van der Waals surface area (Å²) in [4.78, 5) is 12.0. The third-order valence-corrected chi connectivity index (χ3v) is 3.17. The molecule has 0 aliphatic carbocycles. The van der Waals surface area contributed by atoms with Gasteiger partial charge in [0.1, 0.15) is 0 Å². The average Bonchev–Trinajstić information content (AvgIpc) is 2.51. The highest BCUT2D eigenvalue weighted by Crippen LogP contribution is 2.21. The van der Waals surface area contributed by atoms with Gasteiger partial charge >= 0.3 is 0 Å². The Labute approximate surface area is 89.8 Å². The monoisotopic (exact) mass is 259 g/mol. The standard InChI is InChI=1S/C9H10BrNOS/c1-2-9(12)11-6-5-7-3-4-8(10)13-7/h2-4H,1,5-6H2,(H,11,12). The summed E-state index contributed by atoms with van der Waals surface area (Å²) in [5.41, 5.74) is 0. The zero-order chi connectivity index (χ0) is 9.68. The Morgan fingerprint density at radius 2 is 2.46 bits per heavy atom. The molecule has 1 aromatic rings. The predicted molar refractivity (Wildman–Crippen MR) is 58.9 cm³/mol. The Bertz CT molecular complexity index is 308. The van der Waals surface area contributed by atoms with Gasteiger partial charge in [0.05, 0.1) is 3.79 Å². The van der Waals surface area contributed by atoms with Gasteiger partial charge in [0.25, 0.3) is 0 Å². The molecule has 0 atom stereocenters. The van der Waals surface area contributed by atoms with Gasteiger partial charge in [-0.15, -0.1) is 11.3 Å². The van der Waals surface area contributed by atoms with E-state index in [1.807, 2.05) is 6.07 Å². The molecule has 0 fully saturated rings. The Balaban J connectivity index is 2.27. The first-order chi connectivity index (χ1) is 6.22. The van der Waals surface area contributed by atoms with Crippen LogP contribution < -0.4 is 5.32 Å². The van der Waals surface area contributed by atoms with E-state index in [2.05, 4.69) is 33.9 Å². The summed E-state index contributed by atoms with van der Waals surface area (Å²) in [6.45, 7) is 4.04. The van der Waals surface area contributed by atoms with Crippen LogP contribution in [-0.2, 0) is 11.2 Å². The van der Waals surface area contributed by atoms with E-state index in [1.54, 1.807) is 11.3 Å². The maximum absolute atomic E-state index is 10.8. The van der Waals surface area contributed by atoms with Crippen LogP contribution in [0.1, 0.15) is 4.88 Å². The maximum Gasteiger partial charge on any atom is 0.243 e. The van der Waals surface area contributed by atoms with Crippen molar-refractivity contribution in [3.8, 4) is 0 Å². The van der Waals surface area contributed by atoms with Crippen molar-refractivity contribution >= 4 is 33.2 Å². The summed E-state index contributed by atoms with van der Waals surface area (Å²) in [5, 5.41) is 2.72. The molecule has 0 aliphatic rings. The normalized spacial score (nSPS) is 9.62. The minimum atomic E-state index is -0.115. The number of carbonyl (C=O) groups is 1. The molecule has 0 radical (unpaired) electrons. The van der Waals surface area contributed by atoms with Crippen molar-refractivity contribution in [1.82, 2.24) is 5.32 Å². The molecular weight excluding hydrogens is 250 g/mol. The number of rotatable bonds is 4. The highest BCUT2D eigenvalue weighted by molar-refractivity contribution is 9.11. The summed E-state index contributed by atoms with van der Waals surface area (Å²) < 4.78 is 1.12. The third-order valence-electron chi connectivity index (χ3n) is 1.48. The SMILES string of the molecule is C=CC(=O)NCCc1ccc(Br)s1. The molecule has 0 saturated heterocycles. The van der Waals surface area contributed by atoms with Gasteiger partial charge < -0.3 is 5.32 Å². The molecule has 13 heavy (non-hydrogen) atoms. The van der Waals surface area contributed by atoms with Crippen molar-refractivity contribution in [3.63, 3.8) is 0 Å². The number of hydrogen-bond acceptors (Lipinski definition) is 2. The fourth-order valence-corrected chi connectivity index (χ4v) is 2.35. The second kappa shape index (κ2) is 5.19. The number of nitrogens with one attached hydrogen (secondary N) is 1. The molecule has 1 amide bonds. The van der Waals surface area contributed by atoms with Gasteiger partial charge in [0, 0.05) is 11.4 Å². The van der Waals surface area contributed by atoms with Crippen LogP contribution in [0.25, 0.3) is 0 Å². The molecule has 70 valence electrons. The first-order valence-corrected chi connectivity index (χ1v) is 5.48. The Morgan fingerprint density at radius 1 is 1.69 bits per heavy atom. The van der Waals surface area contributed by atoms with Gasteiger partial charge in [0.2, 0.25) is 5.91 Å². The number of amides is 1. The molecule has 0 aromatic carbocycles. The third kappa shape index (κ3) is 3.74. The zero-order valence-corrected chi connectivity index (χ0v) is 9.45. The zero-order valence-electron chi connectivity index (χ0n) is 7.05. The van der Waals surface area contributed by atoms with Crippen molar-refractivity contribution in [1.29, 1.82) is 0 Å². The highest BCUT2D eigenvalue weighted by Gasteiger charge is 1.98.